The fourth-order valence-electron chi connectivity index (χ4n) is 3.00. The predicted molar refractivity (Wildman–Crippen MR) is 74.3 cm³/mol. The first-order valence-corrected chi connectivity index (χ1v) is 7.31. The Labute approximate surface area is 111 Å². The molecule has 0 bridgehead atoms. The summed E-state index contributed by atoms with van der Waals surface area (Å²) < 4.78 is 0. The molecule has 1 rings (SSSR count). The topological polar surface area (TPSA) is 49.3 Å². The van der Waals surface area contributed by atoms with Gasteiger partial charge in [0.1, 0.15) is 0 Å². The Balaban J connectivity index is 2.78. The van der Waals surface area contributed by atoms with Gasteiger partial charge in [-0.1, -0.05) is 33.6 Å². The van der Waals surface area contributed by atoms with Crippen LogP contribution < -0.4 is 5.32 Å². The lowest BCUT2D eigenvalue weighted by Crippen LogP contribution is -2.53. The SMILES string of the molecule is CCC(C)(CO)NC(=O)C1(CC(C)C)CCCC1. The van der Waals surface area contributed by atoms with E-state index in [1.165, 1.54) is 0 Å². The van der Waals surface area contributed by atoms with Crippen LogP contribution >= 0.6 is 0 Å². The van der Waals surface area contributed by atoms with Crippen molar-refractivity contribution in [1.82, 2.24) is 5.32 Å². The predicted octanol–water partition coefficient (Wildman–Crippen LogP) is 2.87. The minimum Gasteiger partial charge on any atom is -0.394 e. The van der Waals surface area contributed by atoms with E-state index in [4.69, 9.17) is 0 Å². The van der Waals surface area contributed by atoms with Gasteiger partial charge in [-0.2, -0.15) is 0 Å². The quantitative estimate of drug-likeness (QED) is 0.766. The summed E-state index contributed by atoms with van der Waals surface area (Å²) in [6.07, 6.45) is 6.03. The van der Waals surface area contributed by atoms with E-state index in [1.54, 1.807) is 0 Å². The zero-order valence-corrected chi connectivity index (χ0v) is 12.4. The fraction of sp³-hybridized carbons (Fsp3) is 0.933. The van der Waals surface area contributed by atoms with E-state index in [1.807, 2.05) is 13.8 Å². The number of aliphatic hydroxyl groups excluding tert-OH is 1. The molecule has 0 aromatic rings. The van der Waals surface area contributed by atoms with Gasteiger partial charge in [0, 0.05) is 5.41 Å². The molecule has 1 saturated carbocycles. The second kappa shape index (κ2) is 6.05. The average Bonchev–Trinajstić information content (AvgIpc) is 2.77. The van der Waals surface area contributed by atoms with Gasteiger partial charge in [0.15, 0.2) is 0 Å². The van der Waals surface area contributed by atoms with E-state index >= 15 is 0 Å². The molecule has 3 heteroatoms. The highest BCUT2D eigenvalue weighted by Gasteiger charge is 2.43. The van der Waals surface area contributed by atoms with E-state index in [0.717, 1.165) is 38.5 Å². The van der Waals surface area contributed by atoms with Crippen molar-refractivity contribution in [3.8, 4) is 0 Å². The molecule has 1 fully saturated rings. The maximum Gasteiger partial charge on any atom is 0.226 e. The highest BCUT2D eigenvalue weighted by molar-refractivity contribution is 5.83. The third kappa shape index (κ3) is 3.47. The summed E-state index contributed by atoms with van der Waals surface area (Å²) in [6.45, 7) is 8.28. The van der Waals surface area contributed by atoms with Crippen LogP contribution in [0.3, 0.4) is 0 Å². The van der Waals surface area contributed by atoms with E-state index in [-0.39, 0.29) is 17.9 Å². The zero-order valence-electron chi connectivity index (χ0n) is 12.4. The van der Waals surface area contributed by atoms with Crippen LogP contribution in [0.5, 0.6) is 0 Å². The van der Waals surface area contributed by atoms with Crippen LogP contribution in [0.2, 0.25) is 0 Å². The molecular formula is C15H29NO2. The van der Waals surface area contributed by atoms with Crippen molar-refractivity contribution in [3.63, 3.8) is 0 Å². The summed E-state index contributed by atoms with van der Waals surface area (Å²) in [5.41, 5.74) is -0.649. The Bertz CT molecular complexity index is 276. The fourth-order valence-corrected chi connectivity index (χ4v) is 3.00. The summed E-state index contributed by atoms with van der Waals surface area (Å²) in [7, 11) is 0. The van der Waals surface area contributed by atoms with Gasteiger partial charge in [-0.15, -0.1) is 0 Å². The lowest BCUT2D eigenvalue weighted by molar-refractivity contribution is -0.134. The number of carbonyl (C=O) groups is 1. The molecule has 18 heavy (non-hydrogen) atoms. The third-order valence-electron chi connectivity index (χ3n) is 4.39. The first-order chi connectivity index (χ1) is 8.37. The Kier molecular flexibility index (Phi) is 5.20. The first-order valence-electron chi connectivity index (χ1n) is 7.31. The van der Waals surface area contributed by atoms with Gasteiger partial charge in [0.2, 0.25) is 5.91 Å². The molecule has 1 unspecified atom stereocenters. The summed E-state index contributed by atoms with van der Waals surface area (Å²) in [5.74, 6) is 0.697. The van der Waals surface area contributed by atoms with Crippen LogP contribution in [-0.4, -0.2) is 23.2 Å². The molecule has 1 aliphatic rings. The van der Waals surface area contributed by atoms with E-state index < -0.39 is 5.54 Å². The number of rotatable bonds is 6. The molecule has 0 spiro atoms. The van der Waals surface area contributed by atoms with Crippen molar-refractivity contribution < 1.29 is 9.90 Å². The van der Waals surface area contributed by atoms with Gasteiger partial charge in [0.05, 0.1) is 12.1 Å². The average molecular weight is 255 g/mol. The van der Waals surface area contributed by atoms with Gasteiger partial charge in [0.25, 0.3) is 0 Å². The van der Waals surface area contributed by atoms with Gasteiger partial charge in [-0.3, -0.25) is 4.79 Å². The Hall–Kier alpha value is -0.570. The molecular weight excluding hydrogens is 226 g/mol. The summed E-state index contributed by atoms with van der Waals surface area (Å²) in [4.78, 5) is 12.6. The van der Waals surface area contributed by atoms with Crippen molar-refractivity contribution in [3.05, 3.63) is 0 Å². The maximum atomic E-state index is 12.6. The molecule has 1 amide bonds. The summed E-state index contributed by atoms with van der Waals surface area (Å²) in [5, 5.41) is 12.5. The second-order valence-electron chi connectivity index (χ2n) is 6.61. The third-order valence-corrected chi connectivity index (χ3v) is 4.39. The Morgan fingerprint density at radius 2 is 1.94 bits per heavy atom. The van der Waals surface area contributed by atoms with Crippen molar-refractivity contribution in [2.45, 2.75) is 71.8 Å². The van der Waals surface area contributed by atoms with E-state index in [9.17, 15) is 9.90 Å². The van der Waals surface area contributed by atoms with Gasteiger partial charge >= 0.3 is 0 Å². The van der Waals surface area contributed by atoms with Gasteiger partial charge < -0.3 is 10.4 Å². The lowest BCUT2D eigenvalue weighted by atomic mass is 9.77. The summed E-state index contributed by atoms with van der Waals surface area (Å²) in [6, 6.07) is 0. The van der Waals surface area contributed by atoms with Crippen molar-refractivity contribution >= 4 is 5.91 Å². The number of nitrogens with one attached hydrogen (secondary N) is 1. The molecule has 2 N–H and O–H groups in total. The van der Waals surface area contributed by atoms with Crippen LogP contribution in [0, 0.1) is 11.3 Å². The summed E-state index contributed by atoms with van der Waals surface area (Å²) >= 11 is 0. The lowest BCUT2D eigenvalue weighted by Gasteiger charge is -2.35. The minimum absolute atomic E-state index is 0.00694. The molecule has 0 aliphatic heterocycles. The molecule has 1 atom stereocenters. The standard InChI is InChI=1S/C15H29NO2/c1-5-14(4,11-17)16-13(18)15(10-12(2)3)8-6-7-9-15/h12,17H,5-11H2,1-4H3,(H,16,18). The second-order valence-corrected chi connectivity index (χ2v) is 6.61. The van der Waals surface area contributed by atoms with Crippen LogP contribution in [0.4, 0.5) is 0 Å². The van der Waals surface area contributed by atoms with Crippen molar-refractivity contribution in [2.24, 2.45) is 11.3 Å². The van der Waals surface area contributed by atoms with Crippen molar-refractivity contribution in [1.29, 1.82) is 0 Å². The van der Waals surface area contributed by atoms with Crippen LogP contribution in [0.15, 0.2) is 0 Å². The highest BCUT2D eigenvalue weighted by atomic mass is 16.3. The molecule has 0 saturated heterocycles. The number of hydrogen-bond donors (Lipinski definition) is 2. The van der Waals surface area contributed by atoms with Crippen molar-refractivity contribution in [2.75, 3.05) is 6.61 Å². The zero-order chi connectivity index (χ0) is 13.8. The molecule has 0 aromatic carbocycles. The molecule has 106 valence electrons. The number of hydrogen-bond acceptors (Lipinski definition) is 2. The normalized spacial score (nSPS) is 21.9. The Morgan fingerprint density at radius 3 is 2.33 bits per heavy atom. The first kappa shape index (κ1) is 15.5. The minimum atomic E-state index is -0.469. The van der Waals surface area contributed by atoms with E-state index in [2.05, 4.69) is 19.2 Å². The number of carbonyl (C=O) groups excluding carboxylic acids is 1. The van der Waals surface area contributed by atoms with E-state index in [0.29, 0.717) is 5.92 Å². The molecule has 0 aromatic heterocycles. The van der Waals surface area contributed by atoms with Gasteiger partial charge in [-0.25, -0.2) is 0 Å². The van der Waals surface area contributed by atoms with Crippen LogP contribution in [-0.2, 0) is 4.79 Å². The van der Waals surface area contributed by atoms with Gasteiger partial charge in [-0.05, 0) is 38.5 Å². The number of amides is 1. The molecule has 0 radical (unpaired) electrons. The Morgan fingerprint density at radius 1 is 1.39 bits per heavy atom. The monoisotopic (exact) mass is 255 g/mol. The molecule has 0 heterocycles. The largest absolute Gasteiger partial charge is 0.394 e. The number of aliphatic hydroxyl groups is 1. The highest BCUT2D eigenvalue weighted by Crippen LogP contribution is 2.43. The molecule has 1 aliphatic carbocycles. The maximum absolute atomic E-state index is 12.6. The molecule has 3 nitrogen and oxygen atoms in total. The van der Waals surface area contributed by atoms with Crippen LogP contribution in [0.25, 0.3) is 0 Å². The van der Waals surface area contributed by atoms with Crippen LogP contribution in [0.1, 0.15) is 66.2 Å². The smallest absolute Gasteiger partial charge is 0.226 e.